The number of rotatable bonds is 7. The Labute approximate surface area is 203 Å². The summed E-state index contributed by atoms with van der Waals surface area (Å²) in [5.41, 5.74) is -1.38. The van der Waals surface area contributed by atoms with Crippen molar-refractivity contribution >= 4 is 28.8 Å². The summed E-state index contributed by atoms with van der Waals surface area (Å²) in [5, 5.41) is 22.1. The monoisotopic (exact) mass is 536 g/mol. The standard InChI is InChI=1S/C20H19F7N8O2/c1-8-2-10(14-33-34-17(37-14)29-9-3-18(36,4-9)15(21)22)30-12-11(8)31-16(28-5-20(25,26)27)32-13(12)35-6-19(23,24)7-35/h2,9,15,36H,3-7H2,1H3,(H,29,34)(H,28,31,32). The molecule has 17 heteroatoms. The molecule has 37 heavy (non-hydrogen) atoms. The maximum Gasteiger partial charge on any atom is 0.405 e. The van der Waals surface area contributed by atoms with E-state index in [-0.39, 0.29) is 47.3 Å². The highest BCUT2D eigenvalue weighted by Crippen LogP contribution is 2.39. The van der Waals surface area contributed by atoms with Crippen LogP contribution in [0, 0.1) is 6.92 Å². The van der Waals surface area contributed by atoms with Gasteiger partial charge in [-0.1, -0.05) is 5.10 Å². The van der Waals surface area contributed by atoms with Crippen LogP contribution in [-0.4, -0.2) is 80.1 Å². The lowest BCUT2D eigenvalue weighted by molar-refractivity contribution is -0.148. The number of pyridine rings is 1. The van der Waals surface area contributed by atoms with E-state index in [1.165, 1.54) is 11.0 Å². The molecule has 0 spiro atoms. The minimum Gasteiger partial charge on any atom is -0.402 e. The Hall–Kier alpha value is -3.50. The first-order valence-electron chi connectivity index (χ1n) is 11.0. The molecule has 2 aliphatic rings. The van der Waals surface area contributed by atoms with Crippen LogP contribution in [0.15, 0.2) is 10.5 Å². The number of anilines is 3. The summed E-state index contributed by atoms with van der Waals surface area (Å²) < 4.78 is 96.3. The molecule has 200 valence electrons. The van der Waals surface area contributed by atoms with Crippen LogP contribution in [0.2, 0.25) is 0 Å². The summed E-state index contributed by atoms with van der Waals surface area (Å²) in [6, 6.07) is 0.837. The predicted molar refractivity (Wildman–Crippen MR) is 115 cm³/mol. The van der Waals surface area contributed by atoms with Crippen LogP contribution in [-0.2, 0) is 0 Å². The molecule has 3 aromatic rings. The molecule has 1 saturated heterocycles. The molecule has 5 rings (SSSR count). The molecule has 4 heterocycles. The van der Waals surface area contributed by atoms with Crippen LogP contribution in [0.3, 0.4) is 0 Å². The molecule has 10 nitrogen and oxygen atoms in total. The van der Waals surface area contributed by atoms with Gasteiger partial charge in [-0.2, -0.15) is 18.2 Å². The molecule has 3 aromatic heterocycles. The zero-order valence-corrected chi connectivity index (χ0v) is 19.0. The fourth-order valence-corrected chi connectivity index (χ4v) is 4.13. The minimum atomic E-state index is -4.55. The fourth-order valence-electron chi connectivity index (χ4n) is 4.13. The molecule has 0 unspecified atom stereocenters. The van der Waals surface area contributed by atoms with Crippen molar-refractivity contribution in [2.75, 3.05) is 35.2 Å². The van der Waals surface area contributed by atoms with E-state index < -0.39 is 55.7 Å². The highest BCUT2D eigenvalue weighted by Gasteiger charge is 2.50. The minimum absolute atomic E-state index is 0.0387. The van der Waals surface area contributed by atoms with Crippen molar-refractivity contribution in [3.05, 3.63) is 11.6 Å². The largest absolute Gasteiger partial charge is 0.405 e. The van der Waals surface area contributed by atoms with Gasteiger partial charge in [0.2, 0.25) is 5.95 Å². The van der Waals surface area contributed by atoms with Gasteiger partial charge in [-0.05, 0) is 18.6 Å². The van der Waals surface area contributed by atoms with Crippen molar-refractivity contribution in [3.8, 4) is 11.6 Å². The van der Waals surface area contributed by atoms with E-state index in [0.29, 0.717) is 5.56 Å². The van der Waals surface area contributed by atoms with Crippen molar-refractivity contribution in [2.24, 2.45) is 0 Å². The van der Waals surface area contributed by atoms with Gasteiger partial charge in [0, 0.05) is 18.9 Å². The third kappa shape index (κ3) is 5.03. The Kier molecular flexibility index (Phi) is 5.80. The normalized spacial score (nSPS) is 23.2. The Morgan fingerprint density at radius 2 is 1.84 bits per heavy atom. The molecule has 0 aromatic carbocycles. The fraction of sp³-hybridized carbons (Fsp3) is 0.550. The maximum absolute atomic E-state index is 13.6. The Morgan fingerprint density at radius 1 is 1.14 bits per heavy atom. The number of halogens is 7. The summed E-state index contributed by atoms with van der Waals surface area (Å²) in [6.07, 6.45) is -7.88. The zero-order valence-electron chi connectivity index (χ0n) is 19.0. The van der Waals surface area contributed by atoms with E-state index in [2.05, 4.69) is 35.8 Å². The van der Waals surface area contributed by atoms with E-state index in [4.69, 9.17) is 4.42 Å². The summed E-state index contributed by atoms with van der Waals surface area (Å²) in [6.45, 7) is -1.25. The number of aryl methyl sites for hydroxylation is 1. The van der Waals surface area contributed by atoms with Crippen molar-refractivity contribution in [2.45, 2.75) is 49.9 Å². The molecule has 1 saturated carbocycles. The highest BCUT2D eigenvalue weighted by molar-refractivity contribution is 5.91. The molecular formula is C20H19F7N8O2. The van der Waals surface area contributed by atoms with Gasteiger partial charge in [0.15, 0.2) is 5.82 Å². The Bertz CT molecular complexity index is 1320. The summed E-state index contributed by atoms with van der Waals surface area (Å²) in [5.74, 6) is -3.59. The van der Waals surface area contributed by atoms with Crippen molar-refractivity contribution in [1.29, 1.82) is 0 Å². The molecule has 0 amide bonds. The van der Waals surface area contributed by atoms with Crippen molar-refractivity contribution < 1.29 is 40.3 Å². The third-order valence-electron chi connectivity index (χ3n) is 5.99. The number of hydrogen-bond acceptors (Lipinski definition) is 10. The van der Waals surface area contributed by atoms with Crippen LogP contribution < -0.4 is 15.5 Å². The van der Waals surface area contributed by atoms with Crippen LogP contribution in [0.5, 0.6) is 0 Å². The van der Waals surface area contributed by atoms with Crippen LogP contribution >= 0.6 is 0 Å². The third-order valence-corrected chi connectivity index (χ3v) is 5.99. The second-order valence-electron chi connectivity index (χ2n) is 9.14. The molecule has 0 radical (unpaired) electrons. The first-order chi connectivity index (χ1) is 17.2. The van der Waals surface area contributed by atoms with Gasteiger partial charge in [0.25, 0.3) is 18.2 Å². The predicted octanol–water partition coefficient (Wildman–Crippen LogP) is 3.38. The zero-order chi connectivity index (χ0) is 26.8. The number of fused-ring (bicyclic) bond motifs is 1. The number of nitrogens with one attached hydrogen (secondary N) is 2. The number of hydrogen-bond donors (Lipinski definition) is 3. The lowest BCUT2D eigenvalue weighted by Gasteiger charge is -2.42. The average Bonchev–Trinajstić information content (AvgIpc) is 3.22. The van der Waals surface area contributed by atoms with Crippen LogP contribution in [0.1, 0.15) is 18.4 Å². The molecule has 1 aliphatic heterocycles. The molecule has 2 fully saturated rings. The van der Waals surface area contributed by atoms with Gasteiger partial charge in [0.05, 0.1) is 18.6 Å². The highest BCUT2D eigenvalue weighted by atomic mass is 19.4. The summed E-state index contributed by atoms with van der Waals surface area (Å²) in [7, 11) is 0. The molecule has 0 atom stereocenters. The first-order valence-corrected chi connectivity index (χ1v) is 11.0. The lowest BCUT2D eigenvalue weighted by Crippen LogP contribution is -2.56. The SMILES string of the molecule is Cc1cc(-c2nnc(NC3CC(O)(C(F)F)C3)o2)nc2c(N3CC(F)(F)C3)nc(NCC(F)(F)F)nc12. The van der Waals surface area contributed by atoms with Gasteiger partial charge in [-0.25, -0.2) is 27.5 Å². The molecule has 1 aliphatic carbocycles. The second kappa shape index (κ2) is 8.53. The quantitative estimate of drug-likeness (QED) is 0.387. The first kappa shape index (κ1) is 25.2. The number of nitrogens with zero attached hydrogens (tertiary/aromatic N) is 6. The van der Waals surface area contributed by atoms with Gasteiger partial charge in [-0.15, -0.1) is 5.10 Å². The van der Waals surface area contributed by atoms with Crippen molar-refractivity contribution in [3.63, 3.8) is 0 Å². The van der Waals surface area contributed by atoms with Gasteiger partial charge < -0.3 is 25.1 Å². The van der Waals surface area contributed by atoms with Crippen LogP contribution in [0.25, 0.3) is 22.6 Å². The Balaban J connectivity index is 1.44. The molecular weight excluding hydrogens is 517 g/mol. The van der Waals surface area contributed by atoms with E-state index in [1.807, 2.05) is 0 Å². The van der Waals surface area contributed by atoms with Gasteiger partial charge >= 0.3 is 12.2 Å². The number of alkyl halides is 7. The van der Waals surface area contributed by atoms with E-state index in [9.17, 15) is 35.8 Å². The topological polar surface area (TPSA) is 125 Å². The molecule has 3 N–H and O–H groups in total. The average molecular weight is 536 g/mol. The lowest BCUT2D eigenvalue weighted by atomic mass is 9.76. The number of aromatic nitrogens is 5. The van der Waals surface area contributed by atoms with E-state index in [1.54, 1.807) is 6.92 Å². The number of aliphatic hydroxyl groups is 1. The van der Waals surface area contributed by atoms with Crippen LogP contribution in [0.4, 0.5) is 48.5 Å². The Morgan fingerprint density at radius 3 is 2.46 bits per heavy atom. The van der Waals surface area contributed by atoms with E-state index in [0.717, 1.165) is 0 Å². The van der Waals surface area contributed by atoms with Gasteiger partial charge in [0.1, 0.15) is 23.4 Å². The molecule has 0 bridgehead atoms. The van der Waals surface area contributed by atoms with Gasteiger partial charge in [-0.3, -0.25) is 0 Å². The van der Waals surface area contributed by atoms with E-state index >= 15 is 0 Å². The smallest absolute Gasteiger partial charge is 0.402 e. The maximum atomic E-state index is 13.6. The summed E-state index contributed by atoms with van der Waals surface area (Å²) in [4.78, 5) is 13.6. The van der Waals surface area contributed by atoms with Crippen molar-refractivity contribution in [1.82, 2.24) is 25.1 Å². The second-order valence-corrected chi connectivity index (χ2v) is 9.14. The summed E-state index contributed by atoms with van der Waals surface area (Å²) >= 11 is 0.